The number of aromatic nitrogens is 5. The van der Waals surface area contributed by atoms with Crippen LogP contribution in [-0.4, -0.2) is 42.1 Å². The van der Waals surface area contributed by atoms with Crippen LogP contribution in [0.15, 0.2) is 73.1 Å². The van der Waals surface area contributed by atoms with E-state index in [-0.39, 0.29) is 0 Å². The molecule has 1 aliphatic rings. The van der Waals surface area contributed by atoms with Crippen molar-refractivity contribution < 1.29 is 0 Å². The summed E-state index contributed by atoms with van der Waals surface area (Å²) in [4.78, 5) is 11.8. The first-order valence-corrected chi connectivity index (χ1v) is 10.5. The van der Waals surface area contributed by atoms with Crippen molar-refractivity contribution in [3.63, 3.8) is 0 Å². The summed E-state index contributed by atoms with van der Waals surface area (Å²) < 4.78 is 4.19. The summed E-state index contributed by atoms with van der Waals surface area (Å²) in [7, 11) is 0. The molecule has 0 radical (unpaired) electrons. The summed E-state index contributed by atoms with van der Waals surface area (Å²) in [5, 5.41) is 4.41. The quantitative estimate of drug-likeness (QED) is 0.455. The number of likely N-dealkylation sites (tertiary alicyclic amines) is 1. The molecule has 0 bridgehead atoms. The van der Waals surface area contributed by atoms with E-state index in [1.807, 2.05) is 16.6 Å². The number of pyridine rings is 1. The van der Waals surface area contributed by atoms with E-state index in [1.165, 1.54) is 12.8 Å². The first-order valence-electron chi connectivity index (χ1n) is 10.5. The van der Waals surface area contributed by atoms with Crippen molar-refractivity contribution in [3.05, 3.63) is 78.9 Å². The lowest BCUT2D eigenvalue weighted by Gasteiger charge is -2.16. The monoisotopic (exact) mass is 394 g/mol. The van der Waals surface area contributed by atoms with Crippen molar-refractivity contribution in [2.24, 2.45) is 0 Å². The van der Waals surface area contributed by atoms with E-state index in [2.05, 4.69) is 74.1 Å². The smallest absolute Gasteiger partial charge is 0.155 e. The molecular weight excluding hydrogens is 372 g/mol. The van der Waals surface area contributed by atoms with E-state index in [1.54, 1.807) is 6.33 Å². The molecule has 0 N–H and O–H groups in total. The molecule has 30 heavy (non-hydrogen) atoms. The molecule has 0 unspecified atom stereocenters. The van der Waals surface area contributed by atoms with Gasteiger partial charge in [0, 0.05) is 11.3 Å². The second-order valence-corrected chi connectivity index (χ2v) is 7.83. The average Bonchev–Trinajstić information content (AvgIpc) is 3.53. The van der Waals surface area contributed by atoms with Gasteiger partial charge in [0.1, 0.15) is 12.2 Å². The highest BCUT2D eigenvalue weighted by Gasteiger charge is 2.19. The van der Waals surface area contributed by atoms with Crippen LogP contribution in [0.25, 0.3) is 33.6 Å². The summed E-state index contributed by atoms with van der Waals surface area (Å²) in [6.07, 6.45) is 4.15. The molecule has 6 rings (SSSR count). The minimum atomic E-state index is 0.846. The molecule has 3 aromatic heterocycles. The van der Waals surface area contributed by atoms with Gasteiger partial charge in [0.25, 0.3) is 0 Å². The summed E-state index contributed by atoms with van der Waals surface area (Å²) in [5.41, 5.74) is 6.24. The molecule has 0 amide bonds. The molecule has 0 spiro atoms. The van der Waals surface area contributed by atoms with E-state index in [0.717, 1.165) is 59.1 Å². The lowest BCUT2D eigenvalue weighted by Crippen LogP contribution is -2.20. The molecule has 6 nitrogen and oxygen atoms in total. The number of imidazole rings is 1. The normalized spacial score (nSPS) is 14.8. The largest absolute Gasteiger partial charge is 0.296 e. The van der Waals surface area contributed by atoms with Crippen LogP contribution < -0.4 is 0 Å². The standard InChI is InChI=1S/C24H22N6/c1-2-7-19(8-3-1)29-22-15-18(21-9-6-10-23-25-17-26-30(21)23)11-12-20(22)27-24(29)16-28-13-4-5-14-28/h1-3,6-12,15,17H,4-5,13-14,16H2. The summed E-state index contributed by atoms with van der Waals surface area (Å²) in [6, 6.07) is 23.1. The number of nitrogens with zero attached hydrogens (tertiary/aromatic N) is 6. The van der Waals surface area contributed by atoms with Crippen LogP contribution in [0.5, 0.6) is 0 Å². The van der Waals surface area contributed by atoms with Gasteiger partial charge in [-0.25, -0.2) is 14.5 Å². The Morgan fingerprint density at radius 3 is 2.60 bits per heavy atom. The number of para-hydroxylation sites is 1. The van der Waals surface area contributed by atoms with Crippen molar-refractivity contribution in [2.45, 2.75) is 19.4 Å². The fourth-order valence-electron chi connectivity index (χ4n) is 4.46. The number of rotatable bonds is 4. The van der Waals surface area contributed by atoms with Gasteiger partial charge in [-0.15, -0.1) is 0 Å². The van der Waals surface area contributed by atoms with Crippen molar-refractivity contribution in [3.8, 4) is 16.9 Å². The Balaban J connectivity index is 1.55. The van der Waals surface area contributed by atoms with Gasteiger partial charge < -0.3 is 0 Å². The molecule has 2 aromatic carbocycles. The van der Waals surface area contributed by atoms with Gasteiger partial charge in [-0.3, -0.25) is 9.47 Å². The van der Waals surface area contributed by atoms with Crippen molar-refractivity contribution >= 4 is 16.7 Å². The first-order chi connectivity index (χ1) is 14.9. The fourth-order valence-corrected chi connectivity index (χ4v) is 4.46. The highest BCUT2D eigenvalue weighted by atomic mass is 15.3. The van der Waals surface area contributed by atoms with Gasteiger partial charge in [-0.1, -0.05) is 30.3 Å². The van der Waals surface area contributed by atoms with Crippen LogP contribution in [0.2, 0.25) is 0 Å². The number of hydrogen-bond acceptors (Lipinski definition) is 4. The maximum Gasteiger partial charge on any atom is 0.155 e. The van der Waals surface area contributed by atoms with Gasteiger partial charge in [-0.05, 0) is 62.3 Å². The molecular formula is C24H22N6. The minimum absolute atomic E-state index is 0.846. The molecule has 1 saturated heterocycles. The molecule has 0 aliphatic carbocycles. The van der Waals surface area contributed by atoms with Crippen molar-refractivity contribution in [1.29, 1.82) is 0 Å². The predicted molar refractivity (Wildman–Crippen MR) is 118 cm³/mol. The molecule has 0 atom stereocenters. The van der Waals surface area contributed by atoms with Crippen LogP contribution in [0.3, 0.4) is 0 Å². The van der Waals surface area contributed by atoms with Gasteiger partial charge in [-0.2, -0.15) is 5.10 Å². The molecule has 0 saturated carbocycles. The molecule has 4 heterocycles. The zero-order valence-corrected chi connectivity index (χ0v) is 16.6. The zero-order chi connectivity index (χ0) is 19.9. The maximum absolute atomic E-state index is 5.03. The number of hydrogen-bond donors (Lipinski definition) is 0. The zero-order valence-electron chi connectivity index (χ0n) is 16.6. The average molecular weight is 394 g/mol. The molecule has 6 heteroatoms. The van der Waals surface area contributed by atoms with Crippen molar-refractivity contribution in [1.82, 2.24) is 29.0 Å². The van der Waals surface area contributed by atoms with E-state index >= 15 is 0 Å². The third-order valence-electron chi connectivity index (χ3n) is 5.90. The Hall–Kier alpha value is -3.51. The topological polar surface area (TPSA) is 51.2 Å². The van der Waals surface area contributed by atoms with Gasteiger partial charge >= 0.3 is 0 Å². The van der Waals surface area contributed by atoms with Gasteiger partial charge in [0.2, 0.25) is 0 Å². The summed E-state index contributed by atoms with van der Waals surface area (Å²) >= 11 is 0. The summed E-state index contributed by atoms with van der Waals surface area (Å²) in [5.74, 6) is 1.09. The lowest BCUT2D eigenvalue weighted by atomic mass is 10.1. The van der Waals surface area contributed by atoms with Crippen LogP contribution in [-0.2, 0) is 6.54 Å². The van der Waals surface area contributed by atoms with Gasteiger partial charge in [0.05, 0.1) is 23.3 Å². The lowest BCUT2D eigenvalue weighted by molar-refractivity contribution is 0.321. The second-order valence-electron chi connectivity index (χ2n) is 7.83. The first kappa shape index (κ1) is 17.4. The Labute approximate surface area is 174 Å². The predicted octanol–water partition coefficient (Wildman–Crippen LogP) is 4.33. The van der Waals surface area contributed by atoms with Crippen LogP contribution in [0, 0.1) is 0 Å². The highest BCUT2D eigenvalue weighted by Crippen LogP contribution is 2.28. The third kappa shape index (κ3) is 2.88. The number of benzene rings is 2. The van der Waals surface area contributed by atoms with E-state index < -0.39 is 0 Å². The van der Waals surface area contributed by atoms with E-state index in [9.17, 15) is 0 Å². The van der Waals surface area contributed by atoms with Crippen LogP contribution in [0.4, 0.5) is 0 Å². The Morgan fingerprint density at radius 1 is 0.867 bits per heavy atom. The molecule has 148 valence electrons. The maximum atomic E-state index is 5.03. The van der Waals surface area contributed by atoms with Crippen LogP contribution in [0.1, 0.15) is 18.7 Å². The Morgan fingerprint density at radius 2 is 1.73 bits per heavy atom. The number of fused-ring (bicyclic) bond motifs is 2. The van der Waals surface area contributed by atoms with E-state index in [4.69, 9.17) is 4.98 Å². The summed E-state index contributed by atoms with van der Waals surface area (Å²) in [6.45, 7) is 3.17. The fraction of sp³-hybridized carbons (Fsp3) is 0.208. The Kier molecular flexibility index (Phi) is 4.09. The highest BCUT2D eigenvalue weighted by molar-refractivity contribution is 5.84. The third-order valence-corrected chi connectivity index (χ3v) is 5.90. The second kappa shape index (κ2) is 7.07. The minimum Gasteiger partial charge on any atom is -0.296 e. The van der Waals surface area contributed by atoms with Crippen molar-refractivity contribution in [2.75, 3.05) is 13.1 Å². The van der Waals surface area contributed by atoms with Crippen LogP contribution >= 0.6 is 0 Å². The molecule has 5 aromatic rings. The Bertz CT molecular complexity index is 1330. The SMILES string of the molecule is c1ccc(-n2c(CN3CCCC3)nc3ccc(-c4cccc5ncnn45)cc32)cc1. The molecule has 1 fully saturated rings. The van der Waals surface area contributed by atoms with Gasteiger partial charge in [0.15, 0.2) is 5.65 Å². The molecule has 1 aliphatic heterocycles. The van der Waals surface area contributed by atoms with E-state index in [0.29, 0.717) is 0 Å².